The maximum atomic E-state index is 6.43. The number of hydrogen-bond acceptors (Lipinski definition) is 1. The van der Waals surface area contributed by atoms with Crippen LogP contribution in [-0.4, -0.2) is 13.9 Å². The highest BCUT2D eigenvalue weighted by atomic mass is 35.5. The molecule has 1 nitrogen and oxygen atoms in total. The molecule has 2 fully saturated rings. The van der Waals surface area contributed by atoms with Crippen molar-refractivity contribution in [3.05, 3.63) is 10.6 Å². The summed E-state index contributed by atoms with van der Waals surface area (Å²) in [7, 11) is -1.48. The van der Waals surface area contributed by atoms with Crippen LogP contribution in [0.5, 0.6) is 0 Å². The number of fused-ring (bicyclic) bond motifs is 1. The molecule has 0 heterocycles. The first-order valence-electron chi connectivity index (χ1n) is 6.08. The average Bonchev–Trinajstić information content (AvgIpc) is 2.69. The van der Waals surface area contributed by atoms with Gasteiger partial charge in [0.25, 0.3) is 0 Å². The van der Waals surface area contributed by atoms with Crippen molar-refractivity contribution in [2.75, 3.05) is 0 Å². The van der Waals surface area contributed by atoms with Crippen molar-refractivity contribution in [2.45, 2.75) is 50.9 Å². The highest BCUT2D eigenvalue weighted by Gasteiger charge is 2.65. The molecule has 0 aromatic heterocycles. The van der Waals surface area contributed by atoms with Crippen molar-refractivity contribution >= 4 is 31.5 Å². The molecule has 0 N–H and O–H groups in total. The van der Waals surface area contributed by atoms with Crippen LogP contribution in [0.1, 0.15) is 25.7 Å². The molecule has 92 valence electrons. The van der Waals surface area contributed by atoms with Crippen molar-refractivity contribution in [2.24, 2.45) is 11.8 Å². The van der Waals surface area contributed by atoms with E-state index in [0.29, 0.717) is 16.3 Å². The van der Waals surface area contributed by atoms with Gasteiger partial charge in [0, 0.05) is 5.92 Å². The molecule has 3 atom stereocenters. The Morgan fingerprint density at radius 2 is 2.00 bits per heavy atom. The molecular weight excluding hydrogens is 259 g/mol. The minimum atomic E-state index is -1.48. The van der Waals surface area contributed by atoms with Gasteiger partial charge in [-0.15, -0.1) is 0 Å². The van der Waals surface area contributed by atoms with E-state index in [1.807, 2.05) is 6.08 Å². The normalized spacial score (nSPS) is 37.8. The van der Waals surface area contributed by atoms with Crippen molar-refractivity contribution in [3.8, 4) is 0 Å². The zero-order chi connectivity index (χ0) is 12.0. The Labute approximate surface area is 109 Å². The fourth-order valence-corrected chi connectivity index (χ4v) is 5.02. The molecule has 2 saturated carbocycles. The molecule has 0 bridgehead atoms. The van der Waals surface area contributed by atoms with E-state index in [1.165, 1.54) is 25.7 Å². The molecule has 2 aliphatic rings. The first kappa shape index (κ1) is 12.9. The van der Waals surface area contributed by atoms with E-state index in [-0.39, 0.29) is 5.60 Å². The number of halogens is 2. The zero-order valence-corrected chi connectivity index (χ0v) is 12.7. The van der Waals surface area contributed by atoms with E-state index >= 15 is 0 Å². The van der Waals surface area contributed by atoms with Gasteiger partial charge in [-0.2, -0.15) is 0 Å². The number of hydrogen-bond donors (Lipinski definition) is 0. The van der Waals surface area contributed by atoms with Gasteiger partial charge in [-0.25, -0.2) is 0 Å². The molecule has 0 aromatic carbocycles. The fraction of sp³-hybridized carbons (Fsp3) is 0.833. The Bertz CT molecular complexity index is 307. The lowest BCUT2D eigenvalue weighted by molar-refractivity contribution is 0.114. The van der Waals surface area contributed by atoms with Crippen LogP contribution in [-0.2, 0) is 4.43 Å². The quantitative estimate of drug-likeness (QED) is 0.679. The molecule has 4 heteroatoms. The molecule has 2 rings (SSSR count). The average molecular weight is 279 g/mol. The van der Waals surface area contributed by atoms with E-state index < -0.39 is 8.32 Å². The summed E-state index contributed by atoms with van der Waals surface area (Å²) in [6.07, 6.45) is 7.06. The van der Waals surface area contributed by atoms with Gasteiger partial charge in [0.05, 0.1) is 5.60 Å². The second-order valence-corrected chi connectivity index (χ2v) is 11.4. The topological polar surface area (TPSA) is 9.23 Å². The summed E-state index contributed by atoms with van der Waals surface area (Å²) in [5.74, 6) is 1.13. The van der Waals surface area contributed by atoms with Gasteiger partial charge in [0.15, 0.2) is 8.32 Å². The summed E-state index contributed by atoms with van der Waals surface area (Å²) in [5, 5.41) is 0. The molecule has 0 saturated heterocycles. The van der Waals surface area contributed by atoms with E-state index in [9.17, 15) is 0 Å². The van der Waals surface area contributed by atoms with Crippen LogP contribution in [0.3, 0.4) is 0 Å². The van der Waals surface area contributed by atoms with Gasteiger partial charge in [-0.3, -0.25) is 0 Å². The van der Waals surface area contributed by atoms with Crippen LogP contribution in [0.2, 0.25) is 19.6 Å². The van der Waals surface area contributed by atoms with Crippen LogP contribution in [0.4, 0.5) is 0 Å². The second kappa shape index (κ2) is 4.31. The molecule has 0 amide bonds. The Balaban J connectivity index is 2.14. The Kier molecular flexibility index (Phi) is 3.48. The Morgan fingerprint density at radius 3 is 2.56 bits per heavy atom. The van der Waals surface area contributed by atoms with Crippen LogP contribution in [0.25, 0.3) is 0 Å². The first-order valence-corrected chi connectivity index (χ1v) is 10.2. The zero-order valence-electron chi connectivity index (χ0n) is 10.2. The second-order valence-electron chi connectivity index (χ2n) is 6.00. The summed E-state index contributed by atoms with van der Waals surface area (Å²) in [6.45, 7) is 6.78. The molecule has 0 radical (unpaired) electrons. The standard InChI is InChI=1S/C12H20Cl2OSi/c1-16(2,3)15-12-7-5-4-6-9(12)10(12)8-11(13)14/h8-10H,4-7H2,1-3H3/t9-,10+,12+/m1/s1. The van der Waals surface area contributed by atoms with Crippen molar-refractivity contribution in [1.29, 1.82) is 0 Å². The first-order chi connectivity index (χ1) is 7.35. The highest BCUT2D eigenvalue weighted by Crippen LogP contribution is 2.63. The third-order valence-corrected chi connectivity index (χ3v) is 4.90. The molecule has 16 heavy (non-hydrogen) atoms. The van der Waals surface area contributed by atoms with E-state index in [1.54, 1.807) is 0 Å². The smallest absolute Gasteiger partial charge is 0.184 e. The Morgan fingerprint density at radius 1 is 1.31 bits per heavy atom. The third kappa shape index (κ3) is 2.50. The van der Waals surface area contributed by atoms with E-state index in [4.69, 9.17) is 27.6 Å². The van der Waals surface area contributed by atoms with Crippen LogP contribution in [0, 0.1) is 11.8 Å². The van der Waals surface area contributed by atoms with Crippen molar-refractivity contribution < 1.29 is 4.43 Å². The van der Waals surface area contributed by atoms with Crippen LogP contribution >= 0.6 is 23.2 Å². The monoisotopic (exact) mass is 278 g/mol. The predicted octanol–water partition coefficient (Wildman–Crippen LogP) is 4.72. The molecule has 2 aliphatic carbocycles. The summed E-state index contributed by atoms with van der Waals surface area (Å²) in [6, 6.07) is 0. The van der Waals surface area contributed by atoms with E-state index in [0.717, 1.165) is 0 Å². The largest absolute Gasteiger partial charge is 0.411 e. The SMILES string of the molecule is C[Si](C)(C)O[C@@]12CCCC[C@@H]1[C@@H]2C=C(Cl)Cl. The predicted molar refractivity (Wildman–Crippen MR) is 72.4 cm³/mol. The lowest BCUT2D eigenvalue weighted by atomic mass is 9.98. The Hall–Kier alpha value is 0.497. The third-order valence-electron chi connectivity index (χ3n) is 3.65. The van der Waals surface area contributed by atoms with Crippen molar-refractivity contribution in [1.82, 2.24) is 0 Å². The molecule has 0 aliphatic heterocycles. The molecule has 0 spiro atoms. The van der Waals surface area contributed by atoms with Gasteiger partial charge in [0.1, 0.15) is 4.49 Å². The van der Waals surface area contributed by atoms with Gasteiger partial charge < -0.3 is 4.43 Å². The summed E-state index contributed by atoms with van der Waals surface area (Å²) < 4.78 is 6.83. The molecular formula is C12H20Cl2OSi. The van der Waals surface area contributed by atoms with Gasteiger partial charge in [0.2, 0.25) is 0 Å². The van der Waals surface area contributed by atoms with Crippen LogP contribution < -0.4 is 0 Å². The van der Waals surface area contributed by atoms with E-state index in [2.05, 4.69) is 19.6 Å². The van der Waals surface area contributed by atoms with Gasteiger partial charge in [-0.05, 0) is 44.5 Å². The molecule has 0 unspecified atom stereocenters. The van der Waals surface area contributed by atoms with Gasteiger partial charge in [-0.1, -0.05) is 36.0 Å². The lowest BCUT2D eigenvalue weighted by Crippen LogP contribution is -2.36. The minimum absolute atomic E-state index is 0.0950. The maximum absolute atomic E-state index is 6.43. The fourth-order valence-electron chi connectivity index (χ4n) is 3.22. The highest BCUT2D eigenvalue weighted by molar-refractivity contribution is 6.69. The summed E-state index contributed by atoms with van der Waals surface area (Å²) in [5.41, 5.74) is 0.0950. The van der Waals surface area contributed by atoms with Crippen molar-refractivity contribution in [3.63, 3.8) is 0 Å². The van der Waals surface area contributed by atoms with Gasteiger partial charge >= 0.3 is 0 Å². The number of rotatable bonds is 3. The maximum Gasteiger partial charge on any atom is 0.184 e. The summed E-state index contributed by atoms with van der Waals surface area (Å²) >= 11 is 11.6. The molecule has 0 aromatic rings. The minimum Gasteiger partial charge on any atom is -0.411 e. The van der Waals surface area contributed by atoms with Crippen LogP contribution in [0.15, 0.2) is 10.6 Å². The lowest BCUT2D eigenvalue weighted by Gasteiger charge is -2.30. The summed E-state index contributed by atoms with van der Waals surface area (Å²) in [4.78, 5) is 0.